The molecule has 1 N–H and O–H groups in total. The average molecular weight is 192 g/mol. The van der Waals surface area contributed by atoms with Crippen LogP contribution in [0.5, 0.6) is 0 Å². The maximum absolute atomic E-state index is 11.7. The van der Waals surface area contributed by atoms with Gasteiger partial charge in [-0.2, -0.15) is 0 Å². The molecule has 0 aliphatic heterocycles. The first-order chi connectivity index (χ1) is 6.60. The zero-order valence-corrected chi connectivity index (χ0v) is 8.38. The fraction of sp³-hybridized carbons (Fsp3) is 0.750. The summed E-state index contributed by atoms with van der Waals surface area (Å²) in [5, 5.41) is 9.78. The Morgan fingerprint density at radius 1 is 1.36 bits per heavy atom. The number of hydrogen-bond acceptors (Lipinski definition) is 2. The minimum atomic E-state index is -0.194. The molecule has 0 heterocycles. The van der Waals surface area contributed by atoms with Crippen molar-refractivity contribution in [2.24, 2.45) is 10.8 Å². The number of Topliss-reactive ketones (excluding diaryl/α,β-unsaturated/α-hetero) is 1. The van der Waals surface area contributed by atoms with Gasteiger partial charge in [-0.25, -0.2) is 0 Å². The standard InChI is InChI=1S/C12H16O2/c1-8-10(14)7-11-3-2-4-12(8,11)6-9(13)5-11/h9,13H,1-7H2/t9?,11-,12-/m1/s1. The van der Waals surface area contributed by atoms with Gasteiger partial charge in [-0.15, -0.1) is 0 Å². The smallest absolute Gasteiger partial charge is 0.159 e. The van der Waals surface area contributed by atoms with Crippen LogP contribution in [0.1, 0.15) is 38.5 Å². The van der Waals surface area contributed by atoms with Crippen LogP contribution in [0.3, 0.4) is 0 Å². The Bertz CT molecular complexity index is 333. The largest absolute Gasteiger partial charge is 0.393 e. The molecule has 3 atom stereocenters. The van der Waals surface area contributed by atoms with Crippen molar-refractivity contribution < 1.29 is 9.90 Å². The van der Waals surface area contributed by atoms with E-state index in [1.165, 1.54) is 6.42 Å². The Morgan fingerprint density at radius 2 is 2.14 bits per heavy atom. The highest BCUT2D eigenvalue weighted by Crippen LogP contribution is 2.71. The number of hydrogen-bond donors (Lipinski definition) is 1. The SMILES string of the molecule is C=C1C(=O)C[C@]23CCC[C@@]12CC(O)C3. The molecule has 14 heavy (non-hydrogen) atoms. The van der Waals surface area contributed by atoms with Crippen molar-refractivity contribution in [1.29, 1.82) is 0 Å². The predicted octanol–water partition coefficient (Wildman–Crippen LogP) is 1.83. The van der Waals surface area contributed by atoms with Gasteiger partial charge in [0.25, 0.3) is 0 Å². The van der Waals surface area contributed by atoms with Crippen LogP contribution in [0.25, 0.3) is 0 Å². The predicted molar refractivity (Wildman–Crippen MR) is 52.7 cm³/mol. The molecule has 1 unspecified atom stereocenters. The van der Waals surface area contributed by atoms with Crippen LogP contribution in [0.4, 0.5) is 0 Å². The molecule has 0 amide bonds. The molecule has 76 valence electrons. The normalized spacial score (nSPS) is 51.1. The molecule has 0 aromatic heterocycles. The molecule has 3 rings (SSSR count). The van der Waals surface area contributed by atoms with Crippen LogP contribution in [0.2, 0.25) is 0 Å². The number of aliphatic hydroxyl groups is 1. The topological polar surface area (TPSA) is 37.3 Å². The molecule has 3 aliphatic rings. The molecule has 2 heteroatoms. The van der Waals surface area contributed by atoms with Crippen LogP contribution in [0.15, 0.2) is 12.2 Å². The lowest BCUT2D eigenvalue weighted by Gasteiger charge is -2.33. The third kappa shape index (κ3) is 0.714. The Kier molecular flexibility index (Phi) is 1.42. The summed E-state index contributed by atoms with van der Waals surface area (Å²) in [5.74, 6) is 0.261. The van der Waals surface area contributed by atoms with Crippen molar-refractivity contribution in [3.8, 4) is 0 Å². The van der Waals surface area contributed by atoms with Crippen molar-refractivity contribution in [3.63, 3.8) is 0 Å². The van der Waals surface area contributed by atoms with Crippen LogP contribution < -0.4 is 0 Å². The summed E-state index contributed by atoms with van der Waals surface area (Å²) in [7, 11) is 0. The van der Waals surface area contributed by atoms with Gasteiger partial charge in [-0.1, -0.05) is 13.0 Å². The number of ketones is 1. The van der Waals surface area contributed by atoms with Gasteiger partial charge in [0, 0.05) is 11.8 Å². The first-order valence-corrected chi connectivity index (χ1v) is 5.50. The highest BCUT2D eigenvalue weighted by atomic mass is 16.3. The minimum Gasteiger partial charge on any atom is -0.393 e. The third-order valence-corrected chi connectivity index (χ3v) is 4.90. The first kappa shape index (κ1) is 8.66. The zero-order valence-electron chi connectivity index (χ0n) is 8.38. The second-order valence-electron chi connectivity index (χ2n) is 5.36. The monoisotopic (exact) mass is 192 g/mol. The summed E-state index contributed by atoms with van der Waals surface area (Å²) in [6, 6.07) is 0. The molecular formula is C12H16O2. The van der Waals surface area contributed by atoms with Crippen molar-refractivity contribution in [2.45, 2.75) is 44.6 Å². The van der Waals surface area contributed by atoms with Gasteiger partial charge in [-0.3, -0.25) is 4.79 Å². The lowest BCUT2D eigenvalue weighted by Crippen LogP contribution is -2.26. The average Bonchev–Trinajstić information content (AvgIpc) is 2.59. The number of rotatable bonds is 0. The highest BCUT2D eigenvalue weighted by Gasteiger charge is 2.66. The van der Waals surface area contributed by atoms with Gasteiger partial charge in [0.2, 0.25) is 0 Å². The van der Waals surface area contributed by atoms with E-state index in [0.29, 0.717) is 6.42 Å². The maximum Gasteiger partial charge on any atom is 0.159 e. The van der Waals surface area contributed by atoms with E-state index in [0.717, 1.165) is 31.3 Å². The lowest BCUT2D eigenvalue weighted by atomic mass is 9.69. The van der Waals surface area contributed by atoms with Crippen LogP contribution >= 0.6 is 0 Å². The summed E-state index contributed by atoms with van der Waals surface area (Å²) in [5.41, 5.74) is 0.941. The van der Waals surface area contributed by atoms with Gasteiger partial charge in [0.05, 0.1) is 6.10 Å². The summed E-state index contributed by atoms with van der Waals surface area (Å²) in [6.45, 7) is 3.98. The van der Waals surface area contributed by atoms with Crippen molar-refractivity contribution in [3.05, 3.63) is 12.2 Å². The second-order valence-corrected chi connectivity index (χ2v) is 5.36. The summed E-state index contributed by atoms with van der Waals surface area (Å²) in [6.07, 6.45) is 5.49. The maximum atomic E-state index is 11.7. The van der Waals surface area contributed by atoms with Gasteiger partial charge in [0.1, 0.15) is 0 Å². The number of allylic oxidation sites excluding steroid dienone is 1. The fourth-order valence-corrected chi connectivity index (χ4v) is 4.38. The molecular weight excluding hydrogens is 176 g/mol. The Morgan fingerprint density at radius 3 is 2.86 bits per heavy atom. The molecule has 0 radical (unpaired) electrons. The second kappa shape index (κ2) is 2.30. The van der Waals surface area contributed by atoms with E-state index in [9.17, 15) is 9.90 Å². The van der Waals surface area contributed by atoms with E-state index in [1.807, 2.05) is 0 Å². The number of carbonyl (C=O) groups excluding carboxylic acids is 1. The fourth-order valence-electron chi connectivity index (χ4n) is 4.38. The Hall–Kier alpha value is -0.630. The molecule has 0 saturated heterocycles. The third-order valence-electron chi connectivity index (χ3n) is 4.90. The number of carbonyl (C=O) groups is 1. The molecule has 2 nitrogen and oxygen atoms in total. The molecule has 0 bridgehead atoms. The van der Waals surface area contributed by atoms with Crippen LogP contribution in [0, 0.1) is 10.8 Å². The first-order valence-electron chi connectivity index (χ1n) is 5.50. The van der Waals surface area contributed by atoms with Gasteiger partial charge < -0.3 is 5.11 Å². The quantitative estimate of drug-likeness (QED) is 0.594. The van der Waals surface area contributed by atoms with Crippen molar-refractivity contribution in [2.75, 3.05) is 0 Å². The van der Waals surface area contributed by atoms with E-state index in [4.69, 9.17) is 0 Å². The minimum absolute atomic E-state index is 0.00347. The van der Waals surface area contributed by atoms with E-state index >= 15 is 0 Å². The van der Waals surface area contributed by atoms with E-state index in [-0.39, 0.29) is 22.7 Å². The van der Waals surface area contributed by atoms with E-state index in [1.54, 1.807) is 0 Å². The van der Waals surface area contributed by atoms with Crippen LogP contribution in [-0.4, -0.2) is 17.0 Å². The highest BCUT2D eigenvalue weighted by molar-refractivity contribution is 6.00. The van der Waals surface area contributed by atoms with Gasteiger partial charge in [-0.05, 0) is 36.7 Å². The lowest BCUT2D eigenvalue weighted by molar-refractivity contribution is -0.115. The summed E-state index contributed by atoms with van der Waals surface area (Å²) < 4.78 is 0. The molecule has 3 saturated carbocycles. The summed E-state index contributed by atoms with van der Waals surface area (Å²) in [4.78, 5) is 11.7. The zero-order chi connectivity index (χ0) is 9.97. The summed E-state index contributed by atoms with van der Waals surface area (Å²) >= 11 is 0. The van der Waals surface area contributed by atoms with Crippen LogP contribution in [-0.2, 0) is 4.79 Å². The number of aliphatic hydroxyl groups excluding tert-OH is 1. The molecule has 3 aliphatic carbocycles. The Labute approximate surface area is 84.0 Å². The van der Waals surface area contributed by atoms with Gasteiger partial charge in [0.15, 0.2) is 5.78 Å². The Balaban J connectivity index is 2.13. The van der Waals surface area contributed by atoms with Crippen molar-refractivity contribution in [1.82, 2.24) is 0 Å². The van der Waals surface area contributed by atoms with E-state index in [2.05, 4.69) is 6.58 Å². The molecule has 3 fully saturated rings. The molecule has 0 aromatic carbocycles. The molecule has 0 spiro atoms. The van der Waals surface area contributed by atoms with Crippen molar-refractivity contribution >= 4 is 5.78 Å². The molecule has 0 aromatic rings. The van der Waals surface area contributed by atoms with Gasteiger partial charge >= 0.3 is 0 Å². The van der Waals surface area contributed by atoms with E-state index < -0.39 is 0 Å².